The smallest absolute Gasteiger partial charge is 0.316 e. The number of halogens is 1. The molecule has 0 spiro atoms. The minimum atomic E-state index is -0.370. The van der Waals surface area contributed by atoms with Gasteiger partial charge in [-0.15, -0.1) is 0 Å². The molecule has 0 heterocycles. The average molecular weight is 205 g/mol. The van der Waals surface area contributed by atoms with E-state index < -0.39 is 0 Å². The van der Waals surface area contributed by atoms with Crippen LogP contribution in [-0.2, 0) is 0 Å². The van der Waals surface area contributed by atoms with Crippen LogP contribution in [0.25, 0.3) is 0 Å². The minimum Gasteiger partial charge on any atom is -0.324 e. The van der Waals surface area contributed by atoms with E-state index in [0.717, 1.165) is 0 Å². The van der Waals surface area contributed by atoms with Crippen molar-refractivity contribution in [3.05, 3.63) is 0 Å². The number of nitrogens with zero attached hydrogens (tertiary/aromatic N) is 2. The van der Waals surface area contributed by atoms with Crippen LogP contribution in [0.1, 0.15) is 34.6 Å². The highest BCUT2D eigenvalue weighted by atomic mass is 35.5. The van der Waals surface area contributed by atoms with Gasteiger partial charge in [-0.05, 0) is 39.3 Å². The summed E-state index contributed by atoms with van der Waals surface area (Å²) in [5.41, 5.74) is 0. The van der Waals surface area contributed by atoms with E-state index in [0.29, 0.717) is 0 Å². The Balaban J connectivity index is 0. The van der Waals surface area contributed by atoms with E-state index in [2.05, 4.69) is 0 Å². The summed E-state index contributed by atoms with van der Waals surface area (Å²) in [6, 6.07) is 2.12. The van der Waals surface area contributed by atoms with Gasteiger partial charge in [0.05, 0.1) is 6.07 Å². The predicted octanol–water partition coefficient (Wildman–Crippen LogP) is 2.99. The van der Waals surface area contributed by atoms with Crippen LogP contribution >= 0.6 is 11.6 Å². The van der Waals surface area contributed by atoms with Crippen molar-refractivity contribution in [2.75, 3.05) is 0 Å². The van der Waals surface area contributed by atoms with Crippen molar-refractivity contribution in [1.82, 2.24) is 4.90 Å². The average Bonchev–Trinajstić information content (AvgIpc) is 1.84. The van der Waals surface area contributed by atoms with E-state index in [9.17, 15) is 4.79 Å². The number of nitriles is 1. The number of carbonyl (C=O) groups is 1. The van der Waals surface area contributed by atoms with Gasteiger partial charge in [-0.25, -0.2) is 0 Å². The fourth-order valence-corrected chi connectivity index (χ4v) is 1.39. The Morgan fingerprint density at radius 3 is 1.54 bits per heavy atom. The molecule has 0 aliphatic heterocycles. The minimum absolute atomic E-state index is 0.185. The van der Waals surface area contributed by atoms with Crippen molar-refractivity contribution < 1.29 is 4.79 Å². The van der Waals surface area contributed by atoms with E-state index in [-0.39, 0.29) is 17.5 Å². The second kappa shape index (κ2) is 7.88. The molecule has 0 aliphatic rings. The number of hydrogen-bond acceptors (Lipinski definition) is 2. The number of amides is 1. The van der Waals surface area contributed by atoms with Gasteiger partial charge < -0.3 is 4.90 Å². The Hall–Kier alpha value is -0.750. The van der Waals surface area contributed by atoms with Gasteiger partial charge in [-0.3, -0.25) is 4.79 Å². The lowest BCUT2D eigenvalue weighted by Crippen LogP contribution is -2.38. The van der Waals surface area contributed by atoms with E-state index in [1.54, 1.807) is 11.0 Å². The normalized spacial score (nSPS) is 8.85. The van der Waals surface area contributed by atoms with Crippen molar-refractivity contribution in [2.45, 2.75) is 46.7 Å². The maximum atomic E-state index is 10.7. The van der Waals surface area contributed by atoms with Crippen LogP contribution in [0.2, 0.25) is 0 Å². The SMILES string of the molecule is CC#N.CC(C)N(C(=O)Cl)C(C)C. The quantitative estimate of drug-likeness (QED) is 0.513. The number of rotatable bonds is 2. The van der Waals surface area contributed by atoms with Crippen LogP contribution < -0.4 is 0 Å². The summed E-state index contributed by atoms with van der Waals surface area (Å²) < 4.78 is 0. The van der Waals surface area contributed by atoms with Gasteiger partial charge in [0.1, 0.15) is 0 Å². The van der Waals surface area contributed by atoms with Gasteiger partial charge in [-0.1, -0.05) is 0 Å². The summed E-state index contributed by atoms with van der Waals surface area (Å²) in [6.07, 6.45) is 0. The molecule has 0 unspecified atom stereocenters. The molecule has 0 atom stereocenters. The fourth-order valence-electron chi connectivity index (χ4n) is 1.00. The fraction of sp³-hybridized carbons (Fsp3) is 0.778. The number of carbonyl (C=O) groups excluding carboxylic acids is 1. The van der Waals surface area contributed by atoms with Crippen LogP contribution in [0.5, 0.6) is 0 Å². The zero-order valence-corrected chi connectivity index (χ0v) is 9.59. The summed E-state index contributed by atoms with van der Waals surface area (Å²) in [5.74, 6) is 0. The highest BCUT2D eigenvalue weighted by Gasteiger charge is 2.16. The highest BCUT2D eigenvalue weighted by Crippen LogP contribution is 2.07. The Morgan fingerprint density at radius 1 is 1.31 bits per heavy atom. The molecule has 0 rings (SSSR count). The monoisotopic (exact) mass is 204 g/mol. The molecule has 0 aliphatic carbocycles. The molecule has 0 aromatic carbocycles. The molecule has 0 aromatic rings. The molecule has 13 heavy (non-hydrogen) atoms. The summed E-state index contributed by atoms with van der Waals surface area (Å²) in [6.45, 7) is 9.21. The first-order valence-electron chi connectivity index (χ1n) is 4.17. The molecule has 0 saturated carbocycles. The molecular weight excluding hydrogens is 188 g/mol. The van der Waals surface area contributed by atoms with Crippen molar-refractivity contribution in [2.24, 2.45) is 0 Å². The van der Waals surface area contributed by atoms with Crippen LogP contribution in [0.3, 0.4) is 0 Å². The molecule has 0 saturated heterocycles. The lowest BCUT2D eigenvalue weighted by atomic mass is 10.2. The Morgan fingerprint density at radius 2 is 1.54 bits per heavy atom. The highest BCUT2D eigenvalue weighted by molar-refractivity contribution is 6.62. The maximum Gasteiger partial charge on any atom is 0.316 e. The van der Waals surface area contributed by atoms with Crippen molar-refractivity contribution >= 4 is 17.0 Å². The van der Waals surface area contributed by atoms with Crippen LogP contribution in [0.4, 0.5) is 4.79 Å². The zero-order valence-electron chi connectivity index (χ0n) is 8.84. The molecule has 76 valence electrons. The van der Waals surface area contributed by atoms with Crippen molar-refractivity contribution in [3.8, 4) is 6.07 Å². The molecule has 3 nitrogen and oxygen atoms in total. The predicted molar refractivity (Wildman–Crippen MR) is 54.6 cm³/mol. The molecule has 0 aromatic heterocycles. The van der Waals surface area contributed by atoms with E-state index >= 15 is 0 Å². The van der Waals surface area contributed by atoms with Crippen molar-refractivity contribution in [1.29, 1.82) is 5.26 Å². The standard InChI is InChI=1S/C7H14ClNO.C2H3N/c1-5(2)9(6(3)4)7(8)10;1-2-3/h5-6H,1-4H3;1H3. The molecule has 0 radical (unpaired) electrons. The van der Waals surface area contributed by atoms with E-state index in [1.807, 2.05) is 27.7 Å². The third-order valence-electron chi connectivity index (χ3n) is 1.32. The second-order valence-electron chi connectivity index (χ2n) is 3.07. The van der Waals surface area contributed by atoms with E-state index in [4.69, 9.17) is 16.9 Å². The lowest BCUT2D eigenvalue weighted by molar-refractivity contribution is 0.188. The Labute approximate surface area is 85.3 Å². The van der Waals surface area contributed by atoms with Gasteiger partial charge in [0.25, 0.3) is 0 Å². The largest absolute Gasteiger partial charge is 0.324 e. The van der Waals surface area contributed by atoms with Crippen LogP contribution in [0.15, 0.2) is 0 Å². The molecular formula is C9H17ClN2O. The van der Waals surface area contributed by atoms with Gasteiger partial charge in [0.2, 0.25) is 0 Å². The topological polar surface area (TPSA) is 44.1 Å². The summed E-state index contributed by atoms with van der Waals surface area (Å²) in [7, 11) is 0. The van der Waals surface area contributed by atoms with Gasteiger partial charge in [0, 0.05) is 19.0 Å². The van der Waals surface area contributed by atoms with Crippen LogP contribution in [0, 0.1) is 11.3 Å². The lowest BCUT2D eigenvalue weighted by Gasteiger charge is -2.27. The molecule has 1 amide bonds. The first kappa shape index (κ1) is 14.8. The Bertz CT molecular complexity index is 177. The molecule has 4 heteroatoms. The second-order valence-corrected chi connectivity index (χ2v) is 3.39. The van der Waals surface area contributed by atoms with Gasteiger partial charge in [-0.2, -0.15) is 5.26 Å². The maximum absolute atomic E-state index is 10.7. The van der Waals surface area contributed by atoms with E-state index in [1.165, 1.54) is 6.92 Å². The Kier molecular flexibility index (Phi) is 8.94. The summed E-state index contributed by atoms with van der Waals surface area (Å²) >= 11 is 5.32. The third-order valence-corrected chi connectivity index (χ3v) is 1.51. The first-order chi connectivity index (χ1) is 5.88. The van der Waals surface area contributed by atoms with Gasteiger partial charge >= 0.3 is 5.37 Å². The summed E-state index contributed by atoms with van der Waals surface area (Å²) in [4.78, 5) is 12.3. The molecule has 0 N–H and O–H groups in total. The van der Waals surface area contributed by atoms with Crippen molar-refractivity contribution in [3.63, 3.8) is 0 Å². The third kappa shape index (κ3) is 7.61. The molecule has 0 fully saturated rings. The number of hydrogen-bond donors (Lipinski definition) is 0. The van der Waals surface area contributed by atoms with Crippen LogP contribution in [-0.4, -0.2) is 22.3 Å². The van der Waals surface area contributed by atoms with Gasteiger partial charge in [0.15, 0.2) is 0 Å². The zero-order chi connectivity index (χ0) is 11.0. The first-order valence-corrected chi connectivity index (χ1v) is 4.54. The molecule has 0 bridgehead atoms. The summed E-state index contributed by atoms with van der Waals surface area (Å²) in [5, 5.41) is 6.95.